The summed E-state index contributed by atoms with van der Waals surface area (Å²) in [5.41, 5.74) is 2.90. The van der Waals surface area contributed by atoms with Gasteiger partial charge in [-0.3, -0.25) is 10.1 Å². The number of thiocarbonyl (C=S) groups is 1. The molecule has 1 amide bonds. The van der Waals surface area contributed by atoms with Crippen LogP contribution in [0.15, 0.2) is 42.5 Å². The lowest BCUT2D eigenvalue weighted by Gasteiger charge is -2.29. The van der Waals surface area contributed by atoms with Gasteiger partial charge in [-0.05, 0) is 68.7 Å². The van der Waals surface area contributed by atoms with Gasteiger partial charge in [0.05, 0.1) is 10.7 Å². The highest BCUT2D eigenvalue weighted by Gasteiger charge is 2.14. The van der Waals surface area contributed by atoms with Crippen molar-refractivity contribution >= 4 is 46.2 Å². The smallest absolute Gasteiger partial charge is 0.264 e. The van der Waals surface area contributed by atoms with Crippen molar-refractivity contribution in [1.29, 1.82) is 0 Å². The maximum Gasteiger partial charge on any atom is 0.264 e. The van der Waals surface area contributed by atoms with Crippen molar-refractivity contribution in [2.24, 2.45) is 0 Å². The summed E-state index contributed by atoms with van der Waals surface area (Å²) in [5, 5.41) is 6.48. The van der Waals surface area contributed by atoms with Crippen LogP contribution in [0.1, 0.15) is 24.8 Å². The van der Waals surface area contributed by atoms with Gasteiger partial charge in [0.15, 0.2) is 11.7 Å². The summed E-state index contributed by atoms with van der Waals surface area (Å²) in [5.74, 6) is 0.314. The first-order valence-corrected chi connectivity index (χ1v) is 10.1. The number of nitrogens with one attached hydrogen (secondary N) is 2. The number of carbonyl (C=O) groups excluding carboxylic acids is 1. The molecular formula is C21H24ClN3O2S. The molecule has 2 aromatic carbocycles. The number of rotatable bonds is 5. The molecule has 0 unspecified atom stereocenters. The van der Waals surface area contributed by atoms with Crippen LogP contribution in [-0.4, -0.2) is 30.7 Å². The van der Waals surface area contributed by atoms with Crippen molar-refractivity contribution in [3.05, 3.63) is 53.1 Å². The standard InChI is InChI=1S/C21H24ClN3O2S/c1-15-5-8-17(9-6-15)27-14-20(26)24-21(28)23-16-7-10-19(18(22)13-16)25-11-3-2-4-12-25/h5-10,13H,2-4,11-12,14H2,1H3,(H2,23,24,26,28). The van der Waals surface area contributed by atoms with Crippen LogP contribution in [0.5, 0.6) is 5.75 Å². The Morgan fingerprint density at radius 3 is 2.54 bits per heavy atom. The Balaban J connectivity index is 1.49. The molecule has 0 aliphatic carbocycles. The van der Waals surface area contributed by atoms with Crippen LogP contribution in [0.3, 0.4) is 0 Å². The third kappa shape index (κ3) is 5.84. The number of carbonyl (C=O) groups is 1. The van der Waals surface area contributed by atoms with Crippen LogP contribution in [0.4, 0.5) is 11.4 Å². The first-order chi connectivity index (χ1) is 13.5. The molecule has 2 aromatic rings. The first kappa shape index (κ1) is 20.4. The molecule has 7 heteroatoms. The molecule has 2 N–H and O–H groups in total. The van der Waals surface area contributed by atoms with Crippen LogP contribution in [-0.2, 0) is 4.79 Å². The third-order valence-corrected chi connectivity index (χ3v) is 5.05. The fourth-order valence-corrected chi connectivity index (χ4v) is 3.62. The Labute approximate surface area is 176 Å². The van der Waals surface area contributed by atoms with Gasteiger partial charge in [-0.15, -0.1) is 0 Å². The molecule has 1 heterocycles. The van der Waals surface area contributed by atoms with E-state index in [0.717, 1.165) is 30.0 Å². The Kier molecular flexibility index (Phi) is 7.12. The zero-order valence-electron chi connectivity index (χ0n) is 15.8. The second-order valence-corrected chi connectivity index (χ2v) is 7.63. The zero-order valence-corrected chi connectivity index (χ0v) is 17.4. The predicted octanol–water partition coefficient (Wildman–Crippen LogP) is 4.53. The van der Waals surface area contributed by atoms with Crippen molar-refractivity contribution in [2.45, 2.75) is 26.2 Å². The molecule has 0 radical (unpaired) electrons. The van der Waals surface area contributed by atoms with E-state index in [1.807, 2.05) is 49.4 Å². The number of amides is 1. The van der Waals surface area contributed by atoms with Gasteiger partial charge in [0.2, 0.25) is 0 Å². The largest absolute Gasteiger partial charge is 0.484 e. The minimum Gasteiger partial charge on any atom is -0.484 e. The Morgan fingerprint density at radius 1 is 1.14 bits per heavy atom. The molecular weight excluding hydrogens is 394 g/mol. The van der Waals surface area contributed by atoms with Gasteiger partial charge in [0.25, 0.3) is 5.91 Å². The molecule has 1 fully saturated rings. The molecule has 1 aliphatic rings. The number of hydrogen-bond donors (Lipinski definition) is 2. The number of nitrogens with zero attached hydrogens (tertiary/aromatic N) is 1. The molecule has 0 atom stereocenters. The second-order valence-electron chi connectivity index (χ2n) is 6.82. The summed E-state index contributed by atoms with van der Waals surface area (Å²) in [7, 11) is 0. The molecule has 0 bridgehead atoms. The van der Waals surface area contributed by atoms with Gasteiger partial charge in [-0.2, -0.15) is 0 Å². The maximum atomic E-state index is 12.0. The normalized spacial score (nSPS) is 13.7. The van der Waals surface area contributed by atoms with Crippen molar-refractivity contribution in [2.75, 3.05) is 29.9 Å². The van der Waals surface area contributed by atoms with E-state index >= 15 is 0 Å². The van der Waals surface area contributed by atoms with Crippen LogP contribution >= 0.6 is 23.8 Å². The molecule has 1 aliphatic heterocycles. The van der Waals surface area contributed by atoms with Gasteiger partial charge < -0.3 is 15.0 Å². The fourth-order valence-electron chi connectivity index (χ4n) is 3.08. The zero-order chi connectivity index (χ0) is 19.9. The highest BCUT2D eigenvalue weighted by Crippen LogP contribution is 2.30. The summed E-state index contributed by atoms with van der Waals surface area (Å²) in [6.07, 6.45) is 3.66. The monoisotopic (exact) mass is 417 g/mol. The van der Waals surface area contributed by atoms with E-state index < -0.39 is 0 Å². The number of benzene rings is 2. The first-order valence-electron chi connectivity index (χ1n) is 9.36. The fraction of sp³-hybridized carbons (Fsp3) is 0.333. The van der Waals surface area contributed by atoms with Gasteiger partial charge in [-0.25, -0.2) is 0 Å². The Hall–Kier alpha value is -2.31. The van der Waals surface area contributed by atoms with E-state index in [-0.39, 0.29) is 17.6 Å². The van der Waals surface area contributed by atoms with E-state index in [9.17, 15) is 4.79 Å². The second kappa shape index (κ2) is 9.75. The number of ether oxygens (including phenoxy) is 1. The lowest BCUT2D eigenvalue weighted by Crippen LogP contribution is -2.37. The average molecular weight is 418 g/mol. The number of anilines is 2. The van der Waals surface area contributed by atoms with E-state index in [4.69, 9.17) is 28.6 Å². The molecule has 1 saturated heterocycles. The molecule has 148 valence electrons. The molecule has 0 saturated carbocycles. The summed E-state index contributed by atoms with van der Waals surface area (Å²) in [6.45, 7) is 3.94. The van der Waals surface area contributed by atoms with Crippen LogP contribution in [0.2, 0.25) is 5.02 Å². The van der Waals surface area contributed by atoms with Gasteiger partial charge in [0.1, 0.15) is 5.75 Å². The van der Waals surface area contributed by atoms with Crippen molar-refractivity contribution in [3.8, 4) is 5.75 Å². The Morgan fingerprint density at radius 2 is 1.86 bits per heavy atom. The van der Waals surface area contributed by atoms with Gasteiger partial charge in [-0.1, -0.05) is 29.3 Å². The van der Waals surface area contributed by atoms with Crippen LogP contribution in [0.25, 0.3) is 0 Å². The van der Waals surface area contributed by atoms with E-state index in [2.05, 4.69) is 15.5 Å². The van der Waals surface area contributed by atoms with E-state index in [0.29, 0.717) is 10.8 Å². The minimum absolute atomic E-state index is 0.112. The van der Waals surface area contributed by atoms with Crippen LogP contribution in [0, 0.1) is 6.92 Å². The molecule has 28 heavy (non-hydrogen) atoms. The maximum absolute atomic E-state index is 12.0. The molecule has 0 spiro atoms. The Bertz CT molecular complexity index is 836. The lowest BCUT2D eigenvalue weighted by molar-refractivity contribution is -0.121. The van der Waals surface area contributed by atoms with E-state index in [1.165, 1.54) is 19.3 Å². The number of piperidine rings is 1. The average Bonchev–Trinajstić information content (AvgIpc) is 2.68. The third-order valence-electron chi connectivity index (χ3n) is 4.55. The quantitative estimate of drug-likeness (QED) is 0.700. The van der Waals surface area contributed by atoms with Crippen molar-refractivity contribution in [1.82, 2.24) is 5.32 Å². The highest BCUT2D eigenvalue weighted by molar-refractivity contribution is 7.80. The summed E-state index contributed by atoms with van der Waals surface area (Å²) < 4.78 is 5.45. The number of aryl methyl sites for hydroxylation is 1. The highest BCUT2D eigenvalue weighted by atomic mass is 35.5. The predicted molar refractivity (Wildman–Crippen MR) is 119 cm³/mol. The summed E-state index contributed by atoms with van der Waals surface area (Å²) >= 11 is 11.7. The SMILES string of the molecule is Cc1ccc(OCC(=O)NC(=S)Nc2ccc(N3CCCCC3)c(Cl)c2)cc1. The van der Waals surface area contributed by atoms with Crippen LogP contribution < -0.4 is 20.3 Å². The van der Waals surface area contributed by atoms with Gasteiger partial charge >= 0.3 is 0 Å². The van der Waals surface area contributed by atoms with Crippen molar-refractivity contribution < 1.29 is 9.53 Å². The lowest BCUT2D eigenvalue weighted by atomic mass is 10.1. The number of hydrogen-bond acceptors (Lipinski definition) is 4. The van der Waals surface area contributed by atoms with Crippen molar-refractivity contribution in [3.63, 3.8) is 0 Å². The number of halogens is 1. The summed E-state index contributed by atoms with van der Waals surface area (Å²) in [4.78, 5) is 14.3. The minimum atomic E-state index is -0.325. The summed E-state index contributed by atoms with van der Waals surface area (Å²) in [6, 6.07) is 13.2. The molecule has 0 aromatic heterocycles. The van der Waals surface area contributed by atoms with Gasteiger partial charge in [0, 0.05) is 18.8 Å². The topological polar surface area (TPSA) is 53.6 Å². The van der Waals surface area contributed by atoms with E-state index in [1.54, 1.807) is 0 Å². The molecule has 5 nitrogen and oxygen atoms in total. The molecule has 3 rings (SSSR count).